The van der Waals surface area contributed by atoms with Crippen molar-refractivity contribution in [1.82, 2.24) is 4.90 Å². The van der Waals surface area contributed by atoms with E-state index in [4.69, 9.17) is 32.7 Å². The molecule has 1 atom stereocenters. The molecule has 0 spiro atoms. The van der Waals surface area contributed by atoms with Gasteiger partial charge in [-0.1, -0.05) is 59.6 Å². The van der Waals surface area contributed by atoms with Gasteiger partial charge >= 0.3 is 12.1 Å². The summed E-state index contributed by atoms with van der Waals surface area (Å²) >= 11 is 12.1. The second-order valence-corrected chi connectivity index (χ2v) is 9.32. The molecule has 32 heavy (non-hydrogen) atoms. The molecule has 2 aromatic carbocycles. The number of carbonyl (C=O) groups excluding carboxylic acids is 2. The van der Waals surface area contributed by atoms with E-state index in [2.05, 4.69) is 0 Å². The van der Waals surface area contributed by atoms with Gasteiger partial charge in [-0.05, 0) is 70.2 Å². The third-order valence-electron chi connectivity index (χ3n) is 4.69. The number of aryl methyl sites for hydroxylation is 1. The van der Waals surface area contributed by atoms with E-state index in [0.717, 1.165) is 11.1 Å². The lowest BCUT2D eigenvalue weighted by Crippen LogP contribution is -2.47. The van der Waals surface area contributed by atoms with Gasteiger partial charge in [-0.2, -0.15) is 0 Å². The van der Waals surface area contributed by atoms with Crippen LogP contribution in [0, 0.1) is 0 Å². The zero-order valence-electron chi connectivity index (χ0n) is 19.1. The van der Waals surface area contributed by atoms with Gasteiger partial charge in [0.2, 0.25) is 0 Å². The standard InChI is InChI=1S/C25H31Cl2NO4/c1-5-31-23(29)22(13-9-12-18-14-15-20(26)21(27)16-18)28(24(30)32-25(2,3)4)17-19-10-7-6-8-11-19/h6-8,10-11,14-16,22H,5,9,12-13,17H2,1-4H3. The second kappa shape index (κ2) is 12.1. The summed E-state index contributed by atoms with van der Waals surface area (Å²) in [5.41, 5.74) is 1.22. The third-order valence-corrected chi connectivity index (χ3v) is 5.42. The summed E-state index contributed by atoms with van der Waals surface area (Å²) in [5.74, 6) is -0.441. The fourth-order valence-corrected chi connectivity index (χ4v) is 3.56. The highest BCUT2D eigenvalue weighted by atomic mass is 35.5. The van der Waals surface area contributed by atoms with E-state index >= 15 is 0 Å². The quantitative estimate of drug-likeness (QED) is 0.376. The molecule has 0 N–H and O–H groups in total. The fraction of sp³-hybridized carbons (Fsp3) is 0.440. The van der Waals surface area contributed by atoms with Crippen LogP contribution in [0.1, 0.15) is 51.7 Å². The molecule has 0 bridgehead atoms. The molecule has 0 radical (unpaired) electrons. The number of hydrogen-bond acceptors (Lipinski definition) is 4. The summed E-state index contributed by atoms with van der Waals surface area (Å²) in [4.78, 5) is 27.4. The van der Waals surface area contributed by atoms with Gasteiger partial charge in [0.25, 0.3) is 0 Å². The molecule has 7 heteroatoms. The Bertz CT molecular complexity index is 897. The fourth-order valence-electron chi connectivity index (χ4n) is 3.24. The van der Waals surface area contributed by atoms with Crippen molar-refractivity contribution in [2.75, 3.05) is 6.61 Å². The molecule has 0 aromatic heterocycles. The lowest BCUT2D eigenvalue weighted by Gasteiger charge is -2.32. The van der Waals surface area contributed by atoms with Crippen LogP contribution in [0.25, 0.3) is 0 Å². The summed E-state index contributed by atoms with van der Waals surface area (Å²) < 4.78 is 10.9. The van der Waals surface area contributed by atoms with Crippen molar-refractivity contribution in [3.63, 3.8) is 0 Å². The van der Waals surface area contributed by atoms with E-state index in [9.17, 15) is 9.59 Å². The molecule has 2 aromatic rings. The zero-order chi connectivity index (χ0) is 23.7. The van der Waals surface area contributed by atoms with Crippen LogP contribution in [0.2, 0.25) is 10.0 Å². The van der Waals surface area contributed by atoms with E-state index in [1.165, 1.54) is 4.90 Å². The average molecular weight is 480 g/mol. The highest BCUT2D eigenvalue weighted by molar-refractivity contribution is 6.42. The third kappa shape index (κ3) is 8.36. The Kier molecular flexibility index (Phi) is 9.85. The van der Waals surface area contributed by atoms with E-state index < -0.39 is 23.7 Å². The van der Waals surface area contributed by atoms with Crippen molar-refractivity contribution >= 4 is 35.3 Å². The van der Waals surface area contributed by atoms with Gasteiger partial charge in [-0.15, -0.1) is 0 Å². The Hall–Kier alpha value is -2.24. The first-order valence-corrected chi connectivity index (χ1v) is 11.5. The smallest absolute Gasteiger partial charge is 0.411 e. The molecule has 0 aliphatic heterocycles. The number of rotatable bonds is 9. The Balaban J connectivity index is 2.24. The van der Waals surface area contributed by atoms with Crippen LogP contribution in [0.4, 0.5) is 4.79 Å². The molecular weight excluding hydrogens is 449 g/mol. The van der Waals surface area contributed by atoms with Gasteiger partial charge in [-0.3, -0.25) is 4.90 Å². The number of nitrogens with zero attached hydrogens (tertiary/aromatic N) is 1. The average Bonchev–Trinajstić information content (AvgIpc) is 2.72. The molecule has 1 amide bonds. The predicted octanol–water partition coefficient (Wildman–Crippen LogP) is 6.69. The lowest BCUT2D eigenvalue weighted by molar-refractivity contribution is -0.150. The van der Waals surface area contributed by atoms with Crippen LogP contribution in [0.3, 0.4) is 0 Å². The van der Waals surface area contributed by atoms with Crippen LogP contribution in [-0.2, 0) is 27.2 Å². The second-order valence-electron chi connectivity index (χ2n) is 8.50. The topological polar surface area (TPSA) is 55.8 Å². The van der Waals surface area contributed by atoms with Gasteiger partial charge < -0.3 is 9.47 Å². The Morgan fingerprint density at radius 3 is 2.28 bits per heavy atom. The minimum atomic E-state index is -0.771. The SMILES string of the molecule is CCOC(=O)C(CCCc1ccc(Cl)c(Cl)c1)N(Cc1ccccc1)C(=O)OC(C)(C)C. The molecule has 174 valence electrons. The van der Waals surface area contributed by atoms with Crippen molar-refractivity contribution in [3.05, 3.63) is 69.7 Å². The van der Waals surface area contributed by atoms with E-state index in [1.807, 2.05) is 42.5 Å². The predicted molar refractivity (Wildman–Crippen MR) is 128 cm³/mol. The molecule has 0 aliphatic rings. The van der Waals surface area contributed by atoms with E-state index in [-0.39, 0.29) is 13.2 Å². The van der Waals surface area contributed by atoms with Gasteiger partial charge in [-0.25, -0.2) is 9.59 Å². The van der Waals surface area contributed by atoms with Crippen molar-refractivity contribution < 1.29 is 19.1 Å². The summed E-state index contributed by atoms with van der Waals surface area (Å²) in [7, 11) is 0. The van der Waals surface area contributed by atoms with Crippen LogP contribution in [0.5, 0.6) is 0 Å². The number of hydrogen-bond donors (Lipinski definition) is 0. The molecule has 0 fully saturated rings. The largest absolute Gasteiger partial charge is 0.464 e. The maximum Gasteiger partial charge on any atom is 0.411 e. The lowest BCUT2D eigenvalue weighted by atomic mass is 10.0. The molecule has 0 heterocycles. The Morgan fingerprint density at radius 2 is 1.69 bits per heavy atom. The van der Waals surface area contributed by atoms with Crippen LogP contribution < -0.4 is 0 Å². The van der Waals surface area contributed by atoms with Crippen LogP contribution in [0.15, 0.2) is 48.5 Å². The van der Waals surface area contributed by atoms with Gasteiger partial charge in [0.15, 0.2) is 0 Å². The van der Waals surface area contributed by atoms with Crippen molar-refractivity contribution in [2.45, 2.75) is 65.1 Å². The highest BCUT2D eigenvalue weighted by Gasteiger charge is 2.33. The summed E-state index contributed by atoms with van der Waals surface area (Å²) in [6.07, 6.45) is 1.20. The summed E-state index contributed by atoms with van der Waals surface area (Å²) in [5, 5.41) is 0.990. The van der Waals surface area contributed by atoms with E-state index in [0.29, 0.717) is 29.3 Å². The summed E-state index contributed by atoms with van der Waals surface area (Å²) in [6.45, 7) is 7.63. The first-order chi connectivity index (χ1) is 15.1. The number of esters is 1. The molecule has 5 nitrogen and oxygen atoms in total. The normalized spacial score (nSPS) is 12.2. The number of halogens is 2. The zero-order valence-corrected chi connectivity index (χ0v) is 20.6. The minimum Gasteiger partial charge on any atom is -0.464 e. The maximum atomic E-state index is 13.1. The Labute approximate surface area is 200 Å². The molecular formula is C25H31Cl2NO4. The van der Waals surface area contributed by atoms with Crippen molar-refractivity contribution in [2.24, 2.45) is 0 Å². The minimum absolute atomic E-state index is 0.232. The Morgan fingerprint density at radius 1 is 1.00 bits per heavy atom. The molecule has 1 unspecified atom stereocenters. The molecule has 2 rings (SSSR count). The first kappa shape index (κ1) is 26.0. The van der Waals surface area contributed by atoms with Crippen molar-refractivity contribution in [3.8, 4) is 0 Å². The maximum absolute atomic E-state index is 13.1. The molecule has 0 saturated carbocycles. The van der Waals surface area contributed by atoms with Gasteiger partial charge in [0.05, 0.1) is 16.7 Å². The monoisotopic (exact) mass is 479 g/mol. The number of benzene rings is 2. The van der Waals surface area contributed by atoms with Crippen LogP contribution in [-0.4, -0.2) is 35.2 Å². The number of amides is 1. The molecule has 0 aliphatic carbocycles. The number of carbonyl (C=O) groups is 2. The summed E-state index contributed by atoms with van der Waals surface area (Å²) in [6, 6.07) is 14.2. The van der Waals surface area contributed by atoms with Crippen molar-refractivity contribution in [1.29, 1.82) is 0 Å². The first-order valence-electron chi connectivity index (χ1n) is 10.7. The molecule has 0 saturated heterocycles. The van der Waals surface area contributed by atoms with E-state index in [1.54, 1.807) is 33.8 Å². The highest BCUT2D eigenvalue weighted by Crippen LogP contribution is 2.24. The van der Waals surface area contributed by atoms with Gasteiger partial charge in [0.1, 0.15) is 11.6 Å². The number of ether oxygens (including phenoxy) is 2. The van der Waals surface area contributed by atoms with Crippen LogP contribution >= 0.6 is 23.2 Å². The van der Waals surface area contributed by atoms with Gasteiger partial charge in [0, 0.05) is 6.54 Å².